The number of fused-ring (bicyclic) bond motifs is 3. The van der Waals surface area contributed by atoms with E-state index in [1.54, 1.807) is 13.1 Å². The number of nitrogens with zero attached hydrogens (tertiary/aromatic N) is 4. The minimum Gasteiger partial charge on any atom is -0.461 e. The lowest BCUT2D eigenvalue weighted by Gasteiger charge is -2.39. The van der Waals surface area contributed by atoms with E-state index in [2.05, 4.69) is 55.2 Å². The van der Waals surface area contributed by atoms with Crippen molar-refractivity contribution in [2.24, 2.45) is 0 Å². The van der Waals surface area contributed by atoms with E-state index in [1.807, 2.05) is 59.3 Å². The van der Waals surface area contributed by atoms with Crippen LogP contribution in [0, 0.1) is 0 Å². The van der Waals surface area contributed by atoms with Gasteiger partial charge < -0.3 is 10.5 Å². The Morgan fingerprint density at radius 1 is 0.925 bits per heavy atom. The normalized spacial score (nSPS) is 13.8. The molecule has 1 aliphatic carbocycles. The van der Waals surface area contributed by atoms with Crippen molar-refractivity contribution in [3.63, 3.8) is 0 Å². The second kappa shape index (κ2) is 9.75. The van der Waals surface area contributed by atoms with Crippen LogP contribution >= 0.6 is 0 Å². The molecule has 2 heterocycles. The van der Waals surface area contributed by atoms with Gasteiger partial charge in [-0.3, -0.25) is 0 Å². The molecule has 0 fully saturated rings. The highest BCUT2D eigenvalue weighted by Crippen LogP contribution is 2.50. The lowest BCUT2D eigenvalue weighted by molar-refractivity contribution is 0.0515. The number of nitrogens with two attached hydrogens (primary N) is 1. The van der Waals surface area contributed by atoms with Gasteiger partial charge in [-0.2, -0.15) is 5.10 Å². The Balaban J connectivity index is 1.84. The molecule has 200 valence electrons. The molecule has 7 nitrogen and oxygen atoms in total. The molecule has 0 aliphatic heterocycles. The van der Waals surface area contributed by atoms with Crippen LogP contribution in [0.2, 0.25) is 0 Å². The van der Waals surface area contributed by atoms with Crippen LogP contribution < -0.4 is 5.73 Å². The molecule has 2 aromatic heterocycles. The minimum absolute atomic E-state index is 0.166. The quantitative estimate of drug-likeness (QED) is 0.222. The Kier molecular flexibility index (Phi) is 6.22. The number of ether oxygens (including phenoxy) is 1. The van der Waals surface area contributed by atoms with Gasteiger partial charge in [0.25, 0.3) is 0 Å². The van der Waals surface area contributed by atoms with Crippen LogP contribution in [0.15, 0.2) is 97.2 Å². The van der Waals surface area contributed by atoms with E-state index in [0.29, 0.717) is 12.1 Å². The van der Waals surface area contributed by atoms with E-state index in [4.69, 9.17) is 20.6 Å². The Morgan fingerprint density at radius 2 is 1.45 bits per heavy atom. The first-order valence-corrected chi connectivity index (χ1v) is 13.5. The van der Waals surface area contributed by atoms with Crippen molar-refractivity contribution in [2.45, 2.75) is 38.1 Å². The highest BCUT2D eigenvalue weighted by Gasteiger charge is 2.48. The van der Waals surface area contributed by atoms with Crippen LogP contribution in [0.25, 0.3) is 11.4 Å². The topological polar surface area (TPSA) is 95.9 Å². The summed E-state index contributed by atoms with van der Waals surface area (Å²) in [5.74, 6) is -0.293. The van der Waals surface area contributed by atoms with Gasteiger partial charge in [-0.1, -0.05) is 105 Å². The molecule has 0 atom stereocenters. The third kappa shape index (κ3) is 3.88. The molecule has 6 rings (SSSR count). The van der Waals surface area contributed by atoms with Gasteiger partial charge >= 0.3 is 5.97 Å². The number of anilines is 1. The zero-order valence-corrected chi connectivity index (χ0v) is 22.8. The molecule has 5 aromatic rings. The molecule has 40 heavy (non-hydrogen) atoms. The second-order valence-corrected chi connectivity index (χ2v) is 10.7. The summed E-state index contributed by atoms with van der Waals surface area (Å²) < 4.78 is 7.54. The number of benzene rings is 3. The summed E-state index contributed by atoms with van der Waals surface area (Å²) >= 11 is 0. The van der Waals surface area contributed by atoms with Crippen LogP contribution in [0.1, 0.15) is 59.1 Å². The monoisotopic (exact) mass is 529 g/mol. The van der Waals surface area contributed by atoms with E-state index < -0.39 is 16.9 Å². The first kappa shape index (κ1) is 25.5. The molecular weight excluding hydrogens is 498 g/mol. The highest BCUT2D eigenvalue weighted by molar-refractivity contribution is 5.93. The van der Waals surface area contributed by atoms with Crippen LogP contribution in [-0.4, -0.2) is 32.3 Å². The standard InChI is InChI=1S/C33H31N5O2/c1-4-40-30(39)28-26-29(27-22(20-32(26,2)3)21-35-31(34)36-27)38(37-28)33(23-14-8-5-9-15-23,24-16-10-6-11-17-24)25-18-12-7-13-19-25/h5-19,21H,4,20H2,1-3H3,(H2,34,35,36). The van der Waals surface area contributed by atoms with Gasteiger partial charge in [0.2, 0.25) is 5.95 Å². The summed E-state index contributed by atoms with van der Waals surface area (Å²) in [6, 6.07) is 30.7. The first-order chi connectivity index (χ1) is 19.4. The van der Waals surface area contributed by atoms with Crippen molar-refractivity contribution < 1.29 is 9.53 Å². The number of nitrogen functional groups attached to an aromatic ring is 1. The molecule has 0 amide bonds. The van der Waals surface area contributed by atoms with Gasteiger partial charge in [0.1, 0.15) is 5.54 Å². The van der Waals surface area contributed by atoms with Crippen molar-refractivity contribution >= 4 is 11.9 Å². The molecule has 0 saturated heterocycles. The molecule has 0 saturated carbocycles. The van der Waals surface area contributed by atoms with Gasteiger partial charge in [0.05, 0.1) is 18.0 Å². The maximum absolute atomic E-state index is 13.6. The average Bonchev–Trinajstić information content (AvgIpc) is 3.39. The van der Waals surface area contributed by atoms with Crippen LogP contribution in [0.5, 0.6) is 0 Å². The number of hydrogen-bond donors (Lipinski definition) is 1. The predicted octanol–water partition coefficient (Wildman–Crippen LogP) is 5.77. The van der Waals surface area contributed by atoms with E-state index >= 15 is 0 Å². The maximum atomic E-state index is 13.6. The van der Waals surface area contributed by atoms with Crippen molar-refractivity contribution in [2.75, 3.05) is 12.3 Å². The average molecular weight is 530 g/mol. The van der Waals surface area contributed by atoms with Gasteiger partial charge in [-0.15, -0.1) is 0 Å². The summed E-state index contributed by atoms with van der Waals surface area (Å²) in [5.41, 5.74) is 11.2. The molecule has 0 radical (unpaired) electrons. The fraction of sp³-hybridized carbons (Fsp3) is 0.212. The third-order valence-electron chi connectivity index (χ3n) is 7.66. The van der Waals surface area contributed by atoms with Crippen molar-refractivity contribution in [1.29, 1.82) is 0 Å². The predicted molar refractivity (Wildman–Crippen MR) is 155 cm³/mol. The number of esters is 1. The minimum atomic E-state index is -0.955. The van der Waals surface area contributed by atoms with E-state index in [9.17, 15) is 4.79 Å². The summed E-state index contributed by atoms with van der Waals surface area (Å²) in [4.78, 5) is 22.6. The maximum Gasteiger partial charge on any atom is 0.359 e. The molecule has 0 bridgehead atoms. The first-order valence-electron chi connectivity index (χ1n) is 13.5. The Hall–Kier alpha value is -4.78. The van der Waals surface area contributed by atoms with Crippen LogP contribution in [0.3, 0.4) is 0 Å². The molecular formula is C33H31N5O2. The molecule has 1 aliphatic rings. The summed E-state index contributed by atoms with van der Waals surface area (Å²) in [6.07, 6.45) is 2.42. The highest BCUT2D eigenvalue weighted by atomic mass is 16.5. The van der Waals surface area contributed by atoms with Gasteiger partial charge in [0.15, 0.2) is 5.69 Å². The summed E-state index contributed by atoms with van der Waals surface area (Å²) in [7, 11) is 0. The number of hydrogen-bond acceptors (Lipinski definition) is 6. The van der Waals surface area contributed by atoms with Crippen molar-refractivity contribution in [1.82, 2.24) is 19.7 Å². The number of rotatable bonds is 6. The summed E-state index contributed by atoms with van der Waals surface area (Å²) in [6.45, 7) is 6.29. The largest absolute Gasteiger partial charge is 0.461 e. The molecule has 0 spiro atoms. The van der Waals surface area contributed by atoms with Crippen molar-refractivity contribution in [3.8, 4) is 11.4 Å². The fourth-order valence-electron chi connectivity index (χ4n) is 6.09. The van der Waals surface area contributed by atoms with Crippen LogP contribution in [-0.2, 0) is 22.1 Å². The second-order valence-electron chi connectivity index (χ2n) is 10.7. The summed E-state index contributed by atoms with van der Waals surface area (Å²) in [5, 5.41) is 5.18. The zero-order valence-electron chi connectivity index (χ0n) is 22.8. The van der Waals surface area contributed by atoms with E-state index in [1.165, 1.54) is 0 Å². The third-order valence-corrected chi connectivity index (χ3v) is 7.66. The van der Waals surface area contributed by atoms with Gasteiger partial charge in [-0.25, -0.2) is 19.4 Å². The number of aromatic nitrogens is 4. The number of carbonyl (C=O) groups excluding carboxylic acids is 1. The molecule has 2 N–H and O–H groups in total. The molecule has 3 aromatic carbocycles. The lowest BCUT2D eigenvalue weighted by atomic mass is 9.72. The number of carbonyl (C=O) groups is 1. The smallest absolute Gasteiger partial charge is 0.359 e. The Bertz CT molecular complexity index is 1580. The Labute approximate surface area is 233 Å². The van der Waals surface area contributed by atoms with Crippen molar-refractivity contribution in [3.05, 3.63) is 131 Å². The fourth-order valence-corrected chi connectivity index (χ4v) is 6.09. The van der Waals surface area contributed by atoms with E-state index in [-0.39, 0.29) is 18.2 Å². The SMILES string of the molecule is CCOC(=O)c1nn(C(c2ccccc2)(c2ccccc2)c2ccccc2)c2c1C(C)(C)Cc1cnc(N)nc1-2. The molecule has 0 unspecified atom stereocenters. The zero-order chi connectivity index (χ0) is 27.9. The Morgan fingerprint density at radius 3 is 1.95 bits per heavy atom. The van der Waals surface area contributed by atoms with Gasteiger partial charge in [-0.05, 0) is 41.0 Å². The van der Waals surface area contributed by atoms with Gasteiger partial charge in [0, 0.05) is 11.8 Å². The van der Waals surface area contributed by atoms with Crippen LogP contribution in [0.4, 0.5) is 5.95 Å². The lowest BCUT2D eigenvalue weighted by Crippen LogP contribution is -2.40. The van der Waals surface area contributed by atoms with E-state index in [0.717, 1.165) is 33.5 Å². The molecule has 7 heteroatoms.